The van der Waals surface area contributed by atoms with E-state index in [1.54, 1.807) is 13.3 Å². The van der Waals surface area contributed by atoms with Crippen molar-refractivity contribution in [1.29, 1.82) is 0 Å². The lowest BCUT2D eigenvalue weighted by Crippen LogP contribution is -2.05. The third kappa shape index (κ3) is 2.46. The quantitative estimate of drug-likeness (QED) is 0.914. The molecule has 0 unspecified atom stereocenters. The van der Waals surface area contributed by atoms with Crippen LogP contribution in [0.3, 0.4) is 0 Å². The fourth-order valence-electron chi connectivity index (χ4n) is 1.84. The van der Waals surface area contributed by atoms with E-state index in [0.29, 0.717) is 6.54 Å². The standard InChI is InChI=1S/C12H12Br2N2O/c1-17-12-7(2-3-15)4-10(14)11-9(12)5-8(13)6-16-11/h4-6H,2-3,15H2,1H3. The number of nitrogens with zero attached hydrogens (tertiary/aromatic N) is 1. The summed E-state index contributed by atoms with van der Waals surface area (Å²) in [4.78, 5) is 4.39. The van der Waals surface area contributed by atoms with E-state index < -0.39 is 0 Å². The molecule has 90 valence electrons. The van der Waals surface area contributed by atoms with E-state index in [-0.39, 0.29) is 0 Å². The number of fused-ring (bicyclic) bond motifs is 1. The zero-order valence-corrected chi connectivity index (χ0v) is 12.5. The third-order valence-electron chi connectivity index (χ3n) is 2.54. The highest BCUT2D eigenvalue weighted by Crippen LogP contribution is 2.35. The SMILES string of the molecule is COc1c(CCN)cc(Br)c2ncc(Br)cc12. The molecule has 1 heterocycles. The number of hydrogen-bond donors (Lipinski definition) is 1. The number of rotatable bonds is 3. The van der Waals surface area contributed by atoms with E-state index in [1.165, 1.54) is 0 Å². The van der Waals surface area contributed by atoms with Crippen LogP contribution in [-0.4, -0.2) is 18.6 Å². The zero-order chi connectivity index (χ0) is 12.4. The summed E-state index contributed by atoms with van der Waals surface area (Å²) in [6, 6.07) is 4.03. The summed E-state index contributed by atoms with van der Waals surface area (Å²) in [5, 5.41) is 0.986. The Morgan fingerprint density at radius 3 is 2.76 bits per heavy atom. The highest BCUT2D eigenvalue weighted by molar-refractivity contribution is 9.11. The predicted octanol–water partition coefficient (Wildman–Crippen LogP) is 3.27. The fraction of sp³-hybridized carbons (Fsp3) is 0.250. The summed E-state index contributed by atoms with van der Waals surface area (Å²) >= 11 is 6.96. The van der Waals surface area contributed by atoms with Crippen LogP contribution < -0.4 is 10.5 Å². The van der Waals surface area contributed by atoms with Crippen molar-refractivity contribution in [2.45, 2.75) is 6.42 Å². The maximum Gasteiger partial charge on any atom is 0.131 e. The average Bonchev–Trinajstić information content (AvgIpc) is 2.29. The van der Waals surface area contributed by atoms with Crippen LogP contribution in [0.2, 0.25) is 0 Å². The Balaban J connectivity index is 2.77. The van der Waals surface area contributed by atoms with Gasteiger partial charge in [-0.1, -0.05) is 0 Å². The van der Waals surface area contributed by atoms with Crippen LogP contribution in [0.15, 0.2) is 27.3 Å². The summed E-state index contributed by atoms with van der Waals surface area (Å²) < 4.78 is 7.38. The van der Waals surface area contributed by atoms with Crippen LogP contribution in [0.1, 0.15) is 5.56 Å². The molecule has 1 aromatic carbocycles. The lowest BCUT2D eigenvalue weighted by molar-refractivity contribution is 0.414. The van der Waals surface area contributed by atoms with Crippen molar-refractivity contribution in [3.05, 3.63) is 32.8 Å². The van der Waals surface area contributed by atoms with Crippen molar-refractivity contribution in [1.82, 2.24) is 4.98 Å². The molecule has 3 nitrogen and oxygen atoms in total. The lowest BCUT2D eigenvalue weighted by atomic mass is 10.1. The molecule has 17 heavy (non-hydrogen) atoms. The summed E-state index contributed by atoms with van der Waals surface area (Å²) in [5.41, 5.74) is 7.60. The number of nitrogens with two attached hydrogens (primary N) is 1. The summed E-state index contributed by atoms with van der Waals surface area (Å²) in [5.74, 6) is 0.849. The molecule has 0 aliphatic carbocycles. The van der Waals surface area contributed by atoms with Crippen molar-refractivity contribution < 1.29 is 4.74 Å². The molecule has 2 N–H and O–H groups in total. The Bertz CT molecular complexity index is 558. The van der Waals surface area contributed by atoms with Gasteiger partial charge in [0.15, 0.2) is 0 Å². The summed E-state index contributed by atoms with van der Waals surface area (Å²) in [6.07, 6.45) is 2.55. The molecule has 0 fully saturated rings. The van der Waals surface area contributed by atoms with Gasteiger partial charge < -0.3 is 10.5 Å². The zero-order valence-electron chi connectivity index (χ0n) is 9.34. The van der Waals surface area contributed by atoms with E-state index >= 15 is 0 Å². The molecule has 0 bridgehead atoms. The van der Waals surface area contributed by atoms with Crippen LogP contribution in [0.5, 0.6) is 5.75 Å². The van der Waals surface area contributed by atoms with Crippen molar-refractivity contribution in [3.63, 3.8) is 0 Å². The maximum absolute atomic E-state index is 5.61. The van der Waals surface area contributed by atoms with E-state index in [4.69, 9.17) is 10.5 Å². The van der Waals surface area contributed by atoms with Gasteiger partial charge in [0.2, 0.25) is 0 Å². The lowest BCUT2D eigenvalue weighted by Gasteiger charge is -2.12. The first-order valence-electron chi connectivity index (χ1n) is 5.18. The molecule has 0 radical (unpaired) electrons. The van der Waals surface area contributed by atoms with Gasteiger partial charge in [0.05, 0.1) is 12.6 Å². The average molecular weight is 360 g/mol. The second-order valence-corrected chi connectivity index (χ2v) is 5.41. The minimum atomic E-state index is 0.593. The normalized spacial score (nSPS) is 10.8. The van der Waals surface area contributed by atoms with Crippen molar-refractivity contribution in [2.75, 3.05) is 13.7 Å². The summed E-state index contributed by atoms with van der Waals surface area (Å²) in [7, 11) is 1.67. The van der Waals surface area contributed by atoms with Gasteiger partial charge in [-0.15, -0.1) is 0 Å². The second kappa shape index (κ2) is 5.33. The van der Waals surface area contributed by atoms with Gasteiger partial charge in [0.25, 0.3) is 0 Å². The summed E-state index contributed by atoms with van der Waals surface area (Å²) in [6.45, 7) is 0.593. The number of aromatic nitrogens is 1. The molecule has 2 rings (SSSR count). The van der Waals surface area contributed by atoms with Gasteiger partial charge in [-0.05, 0) is 62.5 Å². The molecular weight excluding hydrogens is 348 g/mol. The predicted molar refractivity (Wildman–Crippen MR) is 76.5 cm³/mol. The van der Waals surface area contributed by atoms with Gasteiger partial charge in [0, 0.05) is 20.5 Å². The molecule has 2 aromatic rings. The molecule has 0 saturated carbocycles. The Hall–Kier alpha value is -0.650. The van der Waals surface area contributed by atoms with Gasteiger partial charge in [-0.3, -0.25) is 4.98 Å². The van der Waals surface area contributed by atoms with E-state index in [1.807, 2.05) is 12.1 Å². The van der Waals surface area contributed by atoms with Crippen LogP contribution in [-0.2, 0) is 6.42 Å². The molecule has 0 aliphatic heterocycles. The largest absolute Gasteiger partial charge is 0.496 e. The fourth-order valence-corrected chi connectivity index (χ4v) is 2.77. The Labute approximate surface area is 117 Å². The molecular formula is C12H12Br2N2O. The molecule has 0 aliphatic rings. The first-order chi connectivity index (χ1) is 8.17. The number of halogens is 2. The van der Waals surface area contributed by atoms with Crippen molar-refractivity contribution >= 4 is 42.8 Å². The Morgan fingerprint density at radius 2 is 2.12 bits per heavy atom. The Kier molecular flexibility index (Phi) is 4.01. The number of methoxy groups -OCH3 is 1. The molecule has 0 spiro atoms. The van der Waals surface area contributed by atoms with Gasteiger partial charge in [-0.2, -0.15) is 0 Å². The first kappa shape index (κ1) is 12.8. The van der Waals surface area contributed by atoms with Gasteiger partial charge >= 0.3 is 0 Å². The highest BCUT2D eigenvalue weighted by atomic mass is 79.9. The topological polar surface area (TPSA) is 48.1 Å². The molecule has 0 atom stereocenters. The minimum absolute atomic E-state index is 0.593. The monoisotopic (exact) mass is 358 g/mol. The number of ether oxygens (including phenoxy) is 1. The highest BCUT2D eigenvalue weighted by Gasteiger charge is 2.12. The van der Waals surface area contributed by atoms with Crippen molar-refractivity contribution in [2.24, 2.45) is 5.73 Å². The van der Waals surface area contributed by atoms with E-state index in [0.717, 1.165) is 37.6 Å². The van der Waals surface area contributed by atoms with Crippen LogP contribution in [0.25, 0.3) is 10.9 Å². The number of pyridine rings is 1. The molecule has 0 saturated heterocycles. The molecule has 0 amide bonds. The third-order valence-corrected chi connectivity index (χ3v) is 3.57. The molecule has 5 heteroatoms. The van der Waals surface area contributed by atoms with Crippen LogP contribution >= 0.6 is 31.9 Å². The van der Waals surface area contributed by atoms with E-state index in [9.17, 15) is 0 Å². The van der Waals surface area contributed by atoms with Crippen molar-refractivity contribution in [3.8, 4) is 5.75 Å². The minimum Gasteiger partial charge on any atom is -0.496 e. The van der Waals surface area contributed by atoms with Crippen LogP contribution in [0, 0.1) is 0 Å². The van der Waals surface area contributed by atoms with Gasteiger partial charge in [-0.25, -0.2) is 0 Å². The molecule has 1 aromatic heterocycles. The number of hydrogen-bond acceptors (Lipinski definition) is 3. The maximum atomic E-state index is 5.61. The number of benzene rings is 1. The first-order valence-corrected chi connectivity index (χ1v) is 6.76. The second-order valence-electron chi connectivity index (χ2n) is 3.64. The van der Waals surface area contributed by atoms with E-state index in [2.05, 4.69) is 36.8 Å². The smallest absolute Gasteiger partial charge is 0.131 e. The van der Waals surface area contributed by atoms with Gasteiger partial charge in [0.1, 0.15) is 5.75 Å². The van der Waals surface area contributed by atoms with Crippen LogP contribution in [0.4, 0.5) is 0 Å². The Morgan fingerprint density at radius 1 is 1.35 bits per heavy atom.